The minimum atomic E-state index is -0.266. The third kappa shape index (κ3) is 3.15. The van der Waals surface area contributed by atoms with Crippen LogP contribution in [0, 0.1) is 5.92 Å². The van der Waals surface area contributed by atoms with Gasteiger partial charge in [-0.2, -0.15) is 0 Å². The maximum absolute atomic E-state index is 12.9. The van der Waals surface area contributed by atoms with Crippen molar-refractivity contribution in [1.29, 1.82) is 0 Å². The molecule has 2 unspecified atom stereocenters. The fraction of sp³-hybridized carbons (Fsp3) is 0.400. The van der Waals surface area contributed by atoms with Gasteiger partial charge in [0.15, 0.2) is 6.61 Å². The predicted octanol–water partition coefficient (Wildman–Crippen LogP) is 2.47. The van der Waals surface area contributed by atoms with Crippen LogP contribution in [0.1, 0.15) is 35.6 Å². The fourth-order valence-electron chi connectivity index (χ4n) is 5.69. The number of nitrogens with zero attached hydrogens (tertiary/aromatic N) is 2. The Morgan fingerprint density at radius 2 is 1.94 bits per heavy atom. The van der Waals surface area contributed by atoms with Gasteiger partial charge in [0.25, 0.3) is 11.5 Å². The van der Waals surface area contributed by atoms with E-state index < -0.39 is 0 Å². The van der Waals surface area contributed by atoms with Gasteiger partial charge in [-0.05, 0) is 55.4 Å². The first-order valence-corrected chi connectivity index (χ1v) is 11.3. The van der Waals surface area contributed by atoms with Crippen LogP contribution in [0.15, 0.2) is 50.4 Å². The number of ether oxygens (including phenoxy) is 1. The molecule has 4 heterocycles. The Bertz CT molecular complexity index is 1350. The molecule has 32 heavy (non-hydrogen) atoms. The van der Waals surface area contributed by atoms with Gasteiger partial charge in [-0.3, -0.25) is 9.59 Å². The summed E-state index contributed by atoms with van der Waals surface area (Å²) in [5, 5.41) is 0.952. The summed E-state index contributed by atoms with van der Waals surface area (Å²) in [4.78, 5) is 39.2. The summed E-state index contributed by atoms with van der Waals surface area (Å²) < 4.78 is 13.2. The quantitative estimate of drug-likeness (QED) is 0.594. The molecule has 0 saturated carbocycles. The molecule has 7 heteroatoms. The van der Waals surface area contributed by atoms with Crippen LogP contribution in [0.2, 0.25) is 0 Å². The van der Waals surface area contributed by atoms with Crippen molar-refractivity contribution >= 4 is 16.9 Å². The summed E-state index contributed by atoms with van der Waals surface area (Å²) in [5.74, 6) is 0.905. The van der Waals surface area contributed by atoms with Gasteiger partial charge < -0.3 is 18.6 Å². The highest BCUT2D eigenvalue weighted by Gasteiger charge is 2.36. The molecule has 164 valence electrons. The second kappa shape index (κ2) is 7.36. The number of carbonyl (C=O) groups excluding carboxylic acids is 1. The van der Waals surface area contributed by atoms with E-state index in [2.05, 4.69) is 0 Å². The summed E-state index contributed by atoms with van der Waals surface area (Å²) in [6.45, 7) is 1.82. The number of carbonyl (C=O) groups is 1. The Balaban J connectivity index is 1.17. The van der Waals surface area contributed by atoms with Crippen molar-refractivity contribution in [2.24, 2.45) is 5.92 Å². The highest BCUT2D eigenvalue weighted by atomic mass is 16.5. The van der Waals surface area contributed by atoms with Crippen LogP contribution in [0.3, 0.4) is 0 Å². The Kier molecular flexibility index (Phi) is 4.45. The van der Waals surface area contributed by atoms with Crippen LogP contribution in [-0.4, -0.2) is 35.1 Å². The van der Waals surface area contributed by atoms with Crippen molar-refractivity contribution < 1.29 is 13.9 Å². The van der Waals surface area contributed by atoms with Crippen LogP contribution in [-0.2, 0) is 24.2 Å². The topological polar surface area (TPSA) is 81.8 Å². The van der Waals surface area contributed by atoms with Crippen molar-refractivity contribution in [2.75, 3.05) is 19.7 Å². The molecule has 0 N–H and O–H groups in total. The number of piperidine rings is 1. The van der Waals surface area contributed by atoms with Crippen molar-refractivity contribution in [3.8, 4) is 5.75 Å². The van der Waals surface area contributed by atoms with Gasteiger partial charge in [-0.25, -0.2) is 4.79 Å². The maximum Gasteiger partial charge on any atom is 0.339 e. The molecule has 7 nitrogen and oxygen atoms in total. The second-order valence-corrected chi connectivity index (χ2v) is 9.14. The van der Waals surface area contributed by atoms with Gasteiger partial charge in [-0.15, -0.1) is 0 Å². The van der Waals surface area contributed by atoms with E-state index in [0.29, 0.717) is 31.0 Å². The second-order valence-electron chi connectivity index (χ2n) is 9.14. The molecule has 0 spiro atoms. The molecule has 2 bridgehead atoms. The SMILES string of the molecule is O=C(COc1ccc2c3c(c(=O)oc2c1)CCC3)N1CC2CC(C1)c1cccc(=O)n1C2. The smallest absolute Gasteiger partial charge is 0.339 e. The third-order valence-electron chi connectivity index (χ3n) is 7.14. The Hall–Kier alpha value is -3.35. The fourth-order valence-corrected chi connectivity index (χ4v) is 5.69. The van der Waals surface area contributed by atoms with Crippen LogP contribution in [0.25, 0.3) is 11.0 Å². The lowest BCUT2D eigenvalue weighted by Gasteiger charge is -2.42. The first kappa shape index (κ1) is 19.3. The molecule has 3 aliphatic rings. The van der Waals surface area contributed by atoms with Crippen LogP contribution in [0.5, 0.6) is 5.75 Å². The number of hydrogen-bond acceptors (Lipinski definition) is 5. The first-order chi connectivity index (χ1) is 15.6. The van der Waals surface area contributed by atoms with Crippen LogP contribution in [0.4, 0.5) is 0 Å². The van der Waals surface area contributed by atoms with Crippen molar-refractivity contribution in [1.82, 2.24) is 9.47 Å². The normalized spacial score (nSPS) is 21.3. The van der Waals surface area contributed by atoms with E-state index in [-0.39, 0.29) is 35.5 Å². The van der Waals surface area contributed by atoms with Crippen molar-refractivity contribution in [2.45, 2.75) is 38.1 Å². The zero-order chi connectivity index (χ0) is 21.8. The molecule has 2 aromatic heterocycles. The summed E-state index contributed by atoms with van der Waals surface area (Å²) in [7, 11) is 0. The van der Waals surface area contributed by atoms with Crippen LogP contribution < -0.4 is 15.9 Å². The molecule has 1 saturated heterocycles. The van der Waals surface area contributed by atoms with E-state index in [9.17, 15) is 14.4 Å². The minimum absolute atomic E-state index is 0.0360. The van der Waals surface area contributed by atoms with Crippen LogP contribution >= 0.6 is 0 Å². The number of likely N-dealkylation sites (tertiary alicyclic amines) is 1. The summed E-state index contributed by atoms with van der Waals surface area (Å²) in [5.41, 5.74) is 3.17. The average molecular weight is 432 g/mol. The molecular formula is C25H24N2O5. The lowest BCUT2D eigenvalue weighted by atomic mass is 9.83. The number of benzene rings is 1. The molecule has 1 amide bonds. The van der Waals surface area contributed by atoms with E-state index in [0.717, 1.165) is 47.9 Å². The molecule has 0 radical (unpaired) electrons. The van der Waals surface area contributed by atoms with Gasteiger partial charge in [0.1, 0.15) is 11.3 Å². The Labute approximate surface area is 184 Å². The summed E-state index contributed by atoms with van der Waals surface area (Å²) in [6.07, 6.45) is 3.64. The number of aromatic nitrogens is 1. The third-order valence-corrected chi connectivity index (χ3v) is 7.14. The van der Waals surface area contributed by atoms with Gasteiger partial charge in [0.05, 0.1) is 0 Å². The maximum atomic E-state index is 12.9. The predicted molar refractivity (Wildman–Crippen MR) is 118 cm³/mol. The van der Waals surface area contributed by atoms with Crippen molar-refractivity contribution in [3.05, 3.63) is 74.0 Å². The van der Waals surface area contributed by atoms with Gasteiger partial charge in [-0.1, -0.05) is 6.07 Å². The standard InChI is InChI=1S/C25H24N2O5/c28-23-6-2-5-21-16-9-15(12-27(21)23)11-26(13-16)24(29)14-31-17-7-8-19-18-3-1-4-20(18)25(30)32-22(19)10-17/h2,5-8,10,15-16H,1,3-4,9,11-14H2. The lowest BCUT2D eigenvalue weighted by Crippen LogP contribution is -2.50. The average Bonchev–Trinajstić information content (AvgIpc) is 3.29. The molecule has 6 rings (SSSR count). The molecular weight excluding hydrogens is 408 g/mol. The Morgan fingerprint density at radius 3 is 2.84 bits per heavy atom. The van der Waals surface area contributed by atoms with Gasteiger partial charge in [0, 0.05) is 54.3 Å². The van der Waals surface area contributed by atoms with E-state index in [1.165, 1.54) is 0 Å². The lowest BCUT2D eigenvalue weighted by molar-refractivity contribution is -0.136. The molecule has 2 atom stereocenters. The molecule has 2 aliphatic heterocycles. The molecule has 3 aromatic rings. The zero-order valence-corrected chi connectivity index (χ0v) is 17.7. The first-order valence-electron chi connectivity index (χ1n) is 11.3. The van der Waals surface area contributed by atoms with E-state index in [1.54, 1.807) is 18.2 Å². The zero-order valence-electron chi connectivity index (χ0n) is 17.7. The number of rotatable bonds is 3. The highest BCUT2D eigenvalue weighted by Crippen LogP contribution is 2.35. The Morgan fingerprint density at radius 1 is 1.06 bits per heavy atom. The van der Waals surface area contributed by atoms with Gasteiger partial charge >= 0.3 is 5.63 Å². The number of aryl methyl sites for hydroxylation is 1. The number of amides is 1. The van der Waals surface area contributed by atoms with E-state index >= 15 is 0 Å². The minimum Gasteiger partial charge on any atom is -0.484 e. The van der Waals surface area contributed by atoms with Crippen molar-refractivity contribution in [3.63, 3.8) is 0 Å². The van der Waals surface area contributed by atoms with Gasteiger partial charge in [0.2, 0.25) is 0 Å². The summed E-state index contributed by atoms with van der Waals surface area (Å²) in [6, 6.07) is 10.8. The number of fused-ring (bicyclic) bond motifs is 7. The van der Waals surface area contributed by atoms with E-state index in [4.69, 9.17) is 9.15 Å². The monoisotopic (exact) mass is 432 g/mol. The number of pyridine rings is 1. The molecule has 1 aliphatic carbocycles. The van der Waals surface area contributed by atoms with E-state index in [1.807, 2.05) is 27.7 Å². The highest BCUT2D eigenvalue weighted by molar-refractivity contribution is 5.83. The summed E-state index contributed by atoms with van der Waals surface area (Å²) >= 11 is 0. The molecule has 1 fully saturated rings. The molecule has 1 aromatic carbocycles. The largest absolute Gasteiger partial charge is 0.484 e. The number of hydrogen-bond donors (Lipinski definition) is 0.